The number of amides is 1. The highest BCUT2D eigenvalue weighted by Crippen LogP contribution is 2.22. The van der Waals surface area contributed by atoms with Crippen LogP contribution in [-0.4, -0.2) is 47.1 Å². The second-order valence-corrected chi connectivity index (χ2v) is 9.20. The van der Waals surface area contributed by atoms with Crippen molar-refractivity contribution in [1.82, 2.24) is 14.9 Å². The molecule has 4 aromatic rings. The third-order valence-corrected chi connectivity index (χ3v) is 6.54. The number of carbonyl (C=O) groups is 1. The van der Waals surface area contributed by atoms with Gasteiger partial charge in [0.25, 0.3) is 5.91 Å². The van der Waals surface area contributed by atoms with Crippen LogP contribution in [0.1, 0.15) is 27.0 Å². The summed E-state index contributed by atoms with van der Waals surface area (Å²) in [6.45, 7) is 5.21. The first-order valence-corrected chi connectivity index (χ1v) is 12.1. The molecule has 6 nitrogen and oxygen atoms in total. The van der Waals surface area contributed by atoms with E-state index < -0.39 is 0 Å². The Bertz CT molecular complexity index is 1310. The minimum Gasteiger partial charge on any atom is -0.381 e. The van der Waals surface area contributed by atoms with Gasteiger partial charge in [-0.15, -0.1) is 0 Å². The molecule has 1 N–H and O–H groups in total. The highest BCUT2D eigenvalue weighted by atomic mass is 16.5. The number of carbonyl (C=O) groups excluding carboxylic acids is 1. The summed E-state index contributed by atoms with van der Waals surface area (Å²) < 4.78 is 5.89. The van der Waals surface area contributed by atoms with E-state index in [1.54, 1.807) is 6.20 Å². The van der Waals surface area contributed by atoms with Crippen LogP contribution in [0.2, 0.25) is 0 Å². The van der Waals surface area contributed by atoms with E-state index in [9.17, 15) is 4.79 Å². The summed E-state index contributed by atoms with van der Waals surface area (Å²) in [5.74, 6) is 0.295. The van der Waals surface area contributed by atoms with Crippen LogP contribution in [0.4, 0.5) is 5.69 Å². The molecule has 2 aromatic heterocycles. The average molecular weight is 467 g/mol. The molecule has 1 saturated heterocycles. The molecule has 178 valence electrons. The fourth-order valence-corrected chi connectivity index (χ4v) is 4.61. The van der Waals surface area contributed by atoms with Gasteiger partial charge in [-0.1, -0.05) is 30.3 Å². The van der Waals surface area contributed by atoms with Crippen molar-refractivity contribution in [3.05, 3.63) is 102 Å². The van der Waals surface area contributed by atoms with Gasteiger partial charge in [-0.3, -0.25) is 14.8 Å². The largest absolute Gasteiger partial charge is 0.381 e. The van der Waals surface area contributed by atoms with Crippen LogP contribution in [0.3, 0.4) is 0 Å². The fraction of sp³-hybridized carbons (Fsp3) is 0.276. The summed E-state index contributed by atoms with van der Waals surface area (Å²) >= 11 is 0. The number of hydrogen-bond acceptors (Lipinski definition) is 5. The molecule has 1 atom stereocenters. The van der Waals surface area contributed by atoms with E-state index >= 15 is 0 Å². The van der Waals surface area contributed by atoms with Gasteiger partial charge in [0.15, 0.2) is 0 Å². The van der Waals surface area contributed by atoms with Gasteiger partial charge >= 0.3 is 0 Å². The number of aromatic nitrogens is 2. The Morgan fingerprint density at radius 2 is 1.94 bits per heavy atom. The third-order valence-electron chi connectivity index (χ3n) is 6.54. The summed E-state index contributed by atoms with van der Waals surface area (Å²) in [7, 11) is 0. The quantitative estimate of drug-likeness (QED) is 0.439. The van der Waals surface area contributed by atoms with Gasteiger partial charge < -0.3 is 15.0 Å². The standard InChI is InChI=1S/C29H30N4O2/c1-21-4-6-26(15-28(21)32-17-23-3-2-9-30-16-23)29(34)33-11-12-35-20-24(19-33)13-22-5-7-27-18-31-10-8-25(27)14-22/h2-10,14-16,18,24,32H,11-13,17,19-20H2,1H3. The van der Waals surface area contributed by atoms with Crippen molar-refractivity contribution in [3.8, 4) is 0 Å². The Hall–Kier alpha value is -3.77. The third kappa shape index (κ3) is 5.66. The van der Waals surface area contributed by atoms with Gasteiger partial charge in [0, 0.05) is 67.0 Å². The molecule has 0 radical (unpaired) electrons. The van der Waals surface area contributed by atoms with Gasteiger partial charge in [-0.25, -0.2) is 0 Å². The Morgan fingerprint density at radius 3 is 2.83 bits per heavy atom. The summed E-state index contributed by atoms with van der Waals surface area (Å²) in [4.78, 5) is 23.8. The first-order valence-electron chi connectivity index (χ1n) is 12.1. The van der Waals surface area contributed by atoms with Crippen LogP contribution in [0, 0.1) is 12.8 Å². The van der Waals surface area contributed by atoms with E-state index in [4.69, 9.17) is 4.74 Å². The molecule has 0 spiro atoms. The van der Waals surface area contributed by atoms with Crippen LogP contribution in [0.15, 0.2) is 79.4 Å². The number of nitrogens with one attached hydrogen (secondary N) is 1. The summed E-state index contributed by atoms with van der Waals surface area (Å²) in [6, 6.07) is 18.4. The van der Waals surface area contributed by atoms with Crippen molar-refractivity contribution in [2.75, 3.05) is 31.6 Å². The van der Waals surface area contributed by atoms with Crippen molar-refractivity contribution in [3.63, 3.8) is 0 Å². The van der Waals surface area contributed by atoms with Gasteiger partial charge in [0.2, 0.25) is 0 Å². The van der Waals surface area contributed by atoms with Crippen LogP contribution < -0.4 is 5.32 Å². The van der Waals surface area contributed by atoms with Crippen molar-refractivity contribution < 1.29 is 9.53 Å². The number of anilines is 1. The normalized spacial score (nSPS) is 16.1. The molecule has 0 saturated carbocycles. The topological polar surface area (TPSA) is 67.4 Å². The monoisotopic (exact) mass is 466 g/mol. The molecule has 6 heteroatoms. The molecule has 1 fully saturated rings. The maximum Gasteiger partial charge on any atom is 0.254 e. The molecular weight excluding hydrogens is 436 g/mol. The molecule has 35 heavy (non-hydrogen) atoms. The number of nitrogens with zero attached hydrogens (tertiary/aromatic N) is 3. The second kappa shape index (κ2) is 10.7. The zero-order chi connectivity index (χ0) is 24.0. The Balaban J connectivity index is 1.28. The van der Waals surface area contributed by atoms with Gasteiger partial charge in [0.1, 0.15) is 0 Å². The molecule has 3 heterocycles. The van der Waals surface area contributed by atoms with E-state index in [1.807, 2.05) is 59.9 Å². The number of ether oxygens (including phenoxy) is 1. The molecule has 1 amide bonds. The maximum atomic E-state index is 13.5. The maximum absolute atomic E-state index is 13.5. The molecule has 0 bridgehead atoms. The van der Waals surface area contributed by atoms with Gasteiger partial charge in [0.05, 0.1) is 13.2 Å². The lowest BCUT2D eigenvalue weighted by atomic mass is 9.97. The number of aryl methyl sites for hydroxylation is 1. The van der Waals surface area contributed by atoms with Crippen molar-refractivity contribution in [2.24, 2.45) is 5.92 Å². The molecule has 2 aromatic carbocycles. The Kier molecular flexibility index (Phi) is 7.00. The average Bonchev–Trinajstić information content (AvgIpc) is 3.14. The first-order chi connectivity index (χ1) is 17.2. The minimum absolute atomic E-state index is 0.0505. The second-order valence-electron chi connectivity index (χ2n) is 9.20. The predicted molar refractivity (Wildman–Crippen MR) is 138 cm³/mol. The van der Waals surface area contributed by atoms with Crippen LogP contribution in [-0.2, 0) is 17.7 Å². The lowest BCUT2D eigenvalue weighted by Crippen LogP contribution is -2.36. The van der Waals surface area contributed by atoms with Gasteiger partial charge in [-0.05, 0) is 59.7 Å². The lowest BCUT2D eigenvalue weighted by Gasteiger charge is -2.24. The number of benzene rings is 2. The van der Waals surface area contributed by atoms with Crippen molar-refractivity contribution in [1.29, 1.82) is 0 Å². The molecule has 0 aliphatic carbocycles. The summed E-state index contributed by atoms with van der Waals surface area (Å²) in [5, 5.41) is 5.78. The van der Waals surface area contributed by atoms with E-state index in [1.165, 1.54) is 10.9 Å². The smallest absolute Gasteiger partial charge is 0.254 e. The van der Waals surface area contributed by atoms with E-state index in [0.29, 0.717) is 38.4 Å². The fourth-order valence-electron chi connectivity index (χ4n) is 4.61. The summed E-state index contributed by atoms with van der Waals surface area (Å²) in [6.07, 6.45) is 8.19. The van der Waals surface area contributed by atoms with Crippen molar-refractivity contribution in [2.45, 2.75) is 19.9 Å². The SMILES string of the molecule is Cc1ccc(C(=O)N2CCOCC(Cc3ccc4cnccc4c3)C2)cc1NCc1cccnc1. The number of rotatable bonds is 6. The molecule has 5 rings (SSSR count). The highest BCUT2D eigenvalue weighted by Gasteiger charge is 2.24. The van der Waals surface area contributed by atoms with Crippen LogP contribution in [0.25, 0.3) is 10.8 Å². The lowest BCUT2D eigenvalue weighted by molar-refractivity contribution is 0.0737. The number of hydrogen-bond donors (Lipinski definition) is 1. The zero-order valence-electron chi connectivity index (χ0n) is 20.0. The van der Waals surface area contributed by atoms with Crippen LogP contribution >= 0.6 is 0 Å². The first kappa shape index (κ1) is 23.0. The number of pyridine rings is 2. The summed E-state index contributed by atoms with van der Waals surface area (Å²) in [5.41, 5.74) is 5.12. The predicted octanol–water partition coefficient (Wildman–Crippen LogP) is 4.88. The highest BCUT2D eigenvalue weighted by molar-refractivity contribution is 5.95. The Labute approximate surface area is 206 Å². The molecule has 1 aliphatic rings. The van der Waals surface area contributed by atoms with Gasteiger partial charge in [-0.2, -0.15) is 0 Å². The molecule has 1 aliphatic heterocycles. The van der Waals surface area contributed by atoms with Crippen molar-refractivity contribution >= 4 is 22.4 Å². The Morgan fingerprint density at radius 1 is 1.03 bits per heavy atom. The zero-order valence-corrected chi connectivity index (χ0v) is 20.0. The van der Waals surface area contributed by atoms with E-state index in [-0.39, 0.29) is 11.8 Å². The van der Waals surface area contributed by atoms with Crippen LogP contribution in [0.5, 0.6) is 0 Å². The molecule has 1 unspecified atom stereocenters. The number of fused-ring (bicyclic) bond motifs is 1. The van der Waals surface area contributed by atoms with E-state index in [2.05, 4.69) is 40.4 Å². The minimum atomic E-state index is 0.0505. The molecular formula is C29H30N4O2. The van der Waals surface area contributed by atoms with E-state index in [0.717, 1.165) is 28.6 Å².